The molecule has 0 unspecified atom stereocenters. The molecule has 2 heterocycles. The van der Waals surface area contributed by atoms with E-state index in [1.165, 1.54) is 11.3 Å². The van der Waals surface area contributed by atoms with Gasteiger partial charge < -0.3 is 16.0 Å². The molecule has 0 aromatic carbocycles. The molecule has 2 rings (SSSR count). The van der Waals surface area contributed by atoms with Gasteiger partial charge in [0.2, 0.25) is 5.91 Å². The van der Waals surface area contributed by atoms with Crippen LogP contribution >= 0.6 is 23.7 Å². The van der Waals surface area contributed by atoms with E-state index in [1.807, 2.05) is 21.7 Å². The zero-order valence-corrected chi connectivity index (χ0v) is 13.5. The molecular formula is C14H22ClN3O2S. The number of likely N-dealkylation sites (tertiary alicyclic amines) is 1. The fourth-order valence-electron chi connectivity index (χ4n) is 2.35. The van der Waals surface area contributed by atoms with E-state index in [2.05, 4.69) is 5.32 Å². The van der Waals surface area contributed by atoms with Crippen LogP contribution in [0.15, 0.2) is 16.8 Å². The molecule has 2 amide bonds. The lowest BCUT2D eigenvalue weighted by atomic mass is 10.0. The number of amides is 2. The summed E-state index contributed by atoms with van der Waals surface area (Å²) in [6, 6.07) is 1.99. The van der Waals surface area contributed by atoms with Crippen LogP contribution in [0.3, 0.4) is 0 Å². The van der Waals surface area contributed by atoms with Gasteiger partial charge in [0.25, 0.3) is 5.91 Å². The minimum atomic E-state index is -0.0147. The first-order valence-electron chi connectivity index (χ1n) is 7.01. The predicted molar refractivity (Wildman–Crippen MR) is 86.9 cm³/mol. The predicted octanol–water partition coefficient (Wildman–Crippen LogP) is 1.63. The number of rotatable bonds is 5. The molecule has 21 heavy (non-hydrogen) atoms. The van der Waals surface area contributed by atoms with Gasteiger partial charge in [-0.25, -0.2) is 0 Å². The highest BCUT2D eigenvalue weighted by Crippen LogP contribution is 2.13. The molecule has 0 saturated carbocycles. The number of thiophene rings is 1. The van der Waals surface area contributed by atoms with E-state index >= 15 is 0 Å². The van der Waals surface area contributed by atoms with Crippen molar-refractivity contribution in [2.75, 3.05) is 19.6 Å². The number of nitrogens with one attached hydrogen (secondary N) is 1. The van der Waals surface area contributed by atoms with E-state index in [1.54, 1.807) is 0 Å². The van der Waals surface area contributed by atoms with E-state index in [9.17, 15) is 9.59 Å². The van der Waals surface area contributed by atoms with Crippen LogP contribution in [0.2, 0.25) is 0 Å². The molecule has 1 aromatic rings. The smallest absolute Gasteiger partial charge is 0.252 e. The Labute approximate surface area is 135 Å². The number of carbonyl (C=O) groups excluding carboxylic acids is 2. The Kier molecular flexibility index (Phi) is 7.71. The second kappa shape index (κ2) is 9.02. The summed E-state index contributed by atoms with van der Waals surface area (Å²) in [7, 11) is 0. The molecule has 5 nitrogen and oxygen atoms in total. The molecule has 1 aliphatic rings. The summed E-state index contributed by atoms with van der Waals surface area (Å²) in [5.41, 5.74) is 6.13. The molecule has 0 bridgehead atoms. The Balaban J connectivity index is 0.00000220. The van der Waals surface area contributed by atoms with Gasteiger partial charge in [-0.3, -0.25) is 9.59 Å². The SMILES string of the molecule is Cl.NCCCC(=O)N1CCC(NC(=O)c2ccsc2)CC1. The number of carbonyl (C=O) groups is 2. The number of piperidine rings is 1. The van der Waals surface area contributed by atoms with E-state index in [0.29, 0.717) is 13.0 Å². The zero-order valence-electron chi connectivity index (χ0n) is 11.9. The maximum absolute atomic E-state index is 11.9. The highest BCUT2D eigenvalue weighted by atomic mass is 35.5. The fourth-order valence-corrected chi connectivity index (χ4v) is 2.98. The second-order valence-electron chi connectivity index (χ2n) is 5.03. The third kappa shape index (κ3) is 5.30. The van der Waals surface area contributed by atoms with Gasteiger partial charge in [-0.15, -0.1) is 12.4 Å². The van der Waals surface area contributed by atoms with Crippen LogP contribution in [0.5, 0.6) is 0 Å². The van der Waals surface area contributed by atoms with Crippen molar-refractivity contribution in [3.8, 4) is 0 Å². The van der Waals surface area contributed by atoms with Gasteiger partial charge in [-0.1, -0.05) is 0 Å². The summed E-state index contributed by atoms with van der Waals surface area (Å²) in [4.78, 5) is 25.7. The number of nitrogens with two attached hydrogens (primary N) is 1. The summed E-state index contributed by atoms with van der Waals surface area (Å²) in [6.07, 6.45) is 2.92. The first-order valence-corrected chi connectivity index (χ1v) is 7.96. The van der Waals surface area contributed by atoms with Crippen molar-refractivity contribution in [3.63, 3.8) is 0 Å². The van der Waals surface area contributed by atoms with Crippen molar-refractivity contribution < 1.29 is 9.59 Å². The molecule has 1 aliphatic heterocycles. The quantitative estimate of drug-likeness (QED) is 0.861. The minimum Gasteiger partial charge on any atom is -0.349 e. The van der Waals surface area contributed by atoms with Crippen LogP contribution in [-0.2, 0) is 4.79 Å². The Hall–Kier alpha value is -1.11. The Morgan fingerprint density at radius 1 is 1.38 bits per heavy atom. The number of hydrogen-bond donors (Lipinski definition) is 2. The molecule has 118 valence electrons. The Morgan fingerprint density at radius 2 is 2.10 bits per heavy atom. The minimum absolute atomic E-state index is 0. The van der Waals surface area contributed by atoms with Crippen LogP contribution in [-0.4, -0.2) is 42.4 Å². The third-order valence-corrected chi connectivity index (χ3v) is 4.24. The molecule has 1 aromatic heterocycles. The van der Waals surface area contributed by atoms with E-state index < -0.39 is 0 Å². The van der Waals surface area contributed by atoms with E-state index in [-0.39, 0.29) is 30.3 Å². The number of halogens is 1. The van der Waals surface area contributed by atoms with E-state index in [0.717, 1.165) is 37.9 Å². The molecule has 1 saturated heterocycles. The van der Waals surface area contributed by atoms with Crippen LogP contribution in [0.1, 0.15) is 36.0 Å². The molecule has 1 fully saturated rings. The highest BCUT2D eigenvalue weighted by Gasteiger charge is 2.23. The van der Waals surface area contributed by atoms with Crippen LogP contribution in [0, 0.1) is 0 Å². The monoisotopic (exact) mass is 331 g/mol. The van der Waals surface area contributed by atoms with Gasteiger partial charge in [-0.05, 0) is 37.3 Å². The van der Waals surface area contributed by atoms with Crippen molar-refractivity contribution in [2.24, 2.45) is 5.73 Å². The van der Waals surface area contributed by atoms with Crippen LogP contribution in [0.4, 0.5) is 0 Å². The Morgan fingerprint density at radius 3 is 2.67 bits per heavy atom. The van der Waals surface area contributed by atoms with Crippen LogP contribution < -0.4 is 11.1 Å². The van der Waals surface area contributed by atoms with Crippen molar-refractivity contribution in [1.82, 2.24) is 10.2 Å². The van der Waals surface area contributed by atoms with Gasteiger partial charge in [0, 0.05) is 36.5 Å². The summed E-state index contributed by atoms with van der Waals surface area (Å²) in [6.45, 7) is 1.99. The third-order valence-electron chi connectivity index (χ3n) is 3.56. The van der Waals surface area contributed by atoms with Gasteiger partial charge >= 0.3 is 0 Å². The highest BCUT2D eigenvalue weighted by molar-refractivity contribution is 7.08. The Bertz CT molecular complexity index is 445. The van der Waals surface area contributed by atoms with Gasteiger partial charge in [-0.2, -0.15) is 11.3 Å². The summed E-state index contributed by atoms with van der Waals surface area (Å²) < 4.78 is 0. The lowest BCUT2D eigenvalue weighted by Gasteiger charge is -2.32. The maximum atomic E-state index is 11.9. The zero-order chi connectivity index (χ0) is 14.4. The average molecular weight is 332 g/mol. The number of hydrogen-bond acceptors (Lipinski definition) is 4. The second-order valence-corrected chi connectivity index (χ2v) is 5.81. The summed E-state index contributed by atoms with van der Waals surface area (Å²) >= 11 is 1.52. The topological polar surface area (TPSA) is 75.4 Å². The normalized spacial score (nSPS) is 15.4. The lowest BCUT2D eigenvalue weighted by molar-refractivity contribution is -0.132. The van der Waals surface area contributed by atoms with Crippen LogP contribution in [0.25, 0.3) is 0 Å². The summed E-state index contributed by atoms with van der Waals surface area (Å²) in [5, 5.41) is 6.78. The molecule has 0 aliphatic carbocycles. The van der Waals surface area contributed by atoms with Gasteiger partial charge in [0.05, 0.1) is 0 Å². The largest absolute Gasteiger partial charge is 0.349 e. The average Bonchev–Trinajstić information content (AvgIpc) is 3.00. The number of nitrogens with zero attached hydrogens (tertiary/aromatic N) is 1. The van der Waals surface area contributed by atoms with Crippen molar-refractivity contribution in [3.05, 3.63) is 22.4 Å². The first kappa shape index (κ1) is 17.9. The maximum Gasteiger partial charge on any atom is 0.252 e. The molecule has 0 radical (unpaired) electrons. The summed E-state index contributed by atoms with van der Waals surface area (Å²) in [5.74, 6) is 0.164. The van der Waals surface area contributed by atoms with E-state index in [4.69, 9.17) is 5.73 Å². The van der Waals surface area contributed by atoms with Crippen molar-refractivity contribution in [1.29, 1.82) is 0 Å². The van der Waals surface area contributed by atoms with Gasteiger partial charge in [0.15, 0.2) is 0 Å². The molecule has 0 atom stereocenters. The lowest BCUT2D eigenvalue weighted by Crippen LogP contribution is -2.46. The first-order chi connectivity index (χ1) is 9.70. The van der Waals surface area contributed by atoms with Crippen molar-refractivity contribution in [2.45, 2.75) is 31.7 Å². The molecule has 7 heteroatoms. The molecular weight excluding hydrogens is 310 g/mol. The van der Waals surface area contributed by atoms with Gasteiger partial charge in [0.1, 0.15) is 0 Å². The molecule has 3 N–H and O–H groups in total. The standard InChI is InChI=1S/C14H21N3O2S.ClH/c15-6-1-2-13(18)17-7-3-12(4-8-17)16-14(19)11-5-9-20-10-11;/h5,9-10,12H,1-4,6-8,15H2,(H,16,19);1H. The van der Waals surface area contributed by atoms with Crippen molar-refractivity contribution >= 4 is 35.6 Å². The fraction of sp³-hybridized carbons (Fsp3) is 0.571. The molecule has 0 spiro atoms.